The Kier molecular flexibility index (Phi) is 5.93. The predicted octanol–water partition coefficient (Wildman–Crippen LogP) is 5.76. The molecule has 33 heavy (non-hydrogen) atoms. The van der Waals surface area contributed by atoms with Crippen molar-refractivity contribution >= 4 is 44.9 Å². The van der Waals surface area contributed by atoms with E-state index in [0.29, 0.717) is 11.5 Å². The number of fused-ring (bicyclic) bond motifs is 1. The van der Waals surface area contributed by atoms with Crippen LogP contribution in [0.1, 0.15) is 11.4 Å². The number of rotatable bonds is 6. The largest absolute Gasteiger partial charge is 0.326 e. The summed E-state index contributed by atoms with van der Waals surface area (Å²) in [4.78, 5) is 22.9. The number of hydrogen-bond acceptors (Lipinski definition) is 6. The summed E-state index contributed by atoms with van der Waals surface area (Å²) in [6, 6.07) is 21.7. The van der Waals surface area contributed by atoms with Crippen LogP contribution >= 0.6 is 23.1 Å². The average Bonchev–Trinajstić information content (AvgIpc) is 3.46. The molecule has 5 aromatic rings. The maximum absolute atomic E-state index is 12.7. The Balaban J connectivity index is 1.47. The first-order valence-electron chi connectivity index (χ1n) is 10.4. The fourth-order valence-corrected chi connectivity index (χ4v) is 4.73. The van der Waals surface area contributed by atoms with Gasteiger partial charge in [-0.1, -0.05) is 12.1 Å². The third-order valence-corrected chi connectivity index (χ3v) is 6.73. The van der Waals surface area contributed by atoms with Crippen molar-refractivity contribution in [2.24, 2.45) is 0 Å². The van der Waals surface area contributed by atoms with Gasteiger partial charge >= 0.3 is 0 Å². The summed E-state index contributed by atoms with van der Waals surface area (Å²) >= 11 is 3.27. The van der Waals surface area contributed by atoms with Crippen molar-refractivity contribution < 1.29 is 4.79 Å². The molecule has 3 aromatic heterocycles. The Morgan fingerprint density at radius 3 is 2.73 bits per heavy atom. The third-order valence-electron chi connectivity index (χ3n) is 5.19. The minimum absolute atomic E-state index is 0.113. The maximum atomic E-state index is 12.7. The number of aryl methyl sites for hydroxylation is 1. The van der Waals surface area contributed by atoms with E-state index in [9.17, 15) is 4.79 Å². The van der Waals surface area contributed by atoms with E-state index in [2.05, 4.69) is 21.4 Å². The number of aromatic nitrogens is 4. The van der Waals surface area contributed by atoms with Gasteiger partial charge in [0.1, 0.15) is 0 Å². The molecule has 164 valence electrons. The van der Waals surface area contributed by atoms with Crippen LogP contribution in [-0.2, 0) is 11.2 Å². The molecule has 0 spiro atoms. The summed E-state index contributed by atoms with van der Waals surface area (Å²) in [6.45, 7) is 1.95. The SMILES string of the molecule is CSc1ccc(NC(=O)Cc2cc(-c3ccc4ncsc4c3)n(-c3cccc(C)n3)n2)cc1. The quantitative estimate of drug-likeness (QED) is 0.319. The van der Waals surface area contributed by atoms with Crippen molar-refractivity contribution in [3.63, 3.8) is 0 Å². The molecule has 3 heterocycles. The predicted molar refractivity (Wildman–Crippen MR) is 135 cm³/mol. The monoisotopic (exact) mass is 471 g/mol. The molecule has 1 amide bonds. The number of hydrogen-bond donors (Lipinski definition) is 1. The Morgan fingerprint density at radius 1 is 1.09 bits per heavy atom. The number of nitrogens with zero attached hydrogens (tertiary/aromatic N) is 4. The van der Waals surface area contributed by atoms with Crippen molar-refractivity contribution in [1.29, 1.82) is 0 Å². The van der Waals surface area contributed by atoms with Gasteiger partial charge in [-0.25, -0.2) is 14.6 Å². The van der Waals surface area contributed by atoms with E-state index < -0.39 is 0 Å². The van der Waals surface area contributed by atoms with Gasteiger partial charge in [0.15, 0.2) is 5.82 Å². The zero-order chi connectivity index (χ0) is 22.8. The lowest BCUT2D eigenvalue weighted by atomic mass is 10.1. The molecule has 0 bridgehead atoms. The summed E-state index contributed by atoms with van der Waals surface area (Å²) < 4.78 is 2.91. The highest BCUT2D eigenvalue weighted by molar-refractivity contribution is 7.98. The minimum Gasteiger partial charge on any atom is -0.326 e. The van der Waals surface area contributed by atoms with E-state index in [4.69, 9.17) is 5.10 Å². The van der Waals surface area contributed by atoms with Crippen molar-refractivity contribution in [2.45, 2.75) is 18.2 Å². The number of carbonyl (C=O) groups excluding carboxylic acids is 1. The molecule has 1 N–H and O–H groups in total. The average molecular weight is 472 g/mol. The van der Waals surface area contributed by atoms with Gasteiger partial charge in [-0.05, 0) is 67.8 Å². The Bertz CT molecular complexity index is 1440. The van der Waals surface area contributed by atoms with Crippen molar-refractivity contribution in [3.05, 3.63) is 83.6 Å². The van der Waals surface area contributed by atoms with E-state index in [1.165, 1.54) is 0 Å². The smallest absolute Gasteiger partial charge is 0.230 e. The molecule has 6 nitrogen and oxygen atoms in total. The van der Waals surface area contributed by atoms with Gasteiger partial charge < -0.3 is 5.32 Å². The van der Waals surface area contributed by atoms with Crippen LogP contribution < -0.4 is 5.32 Å². The molecule has 0 saturated heterocycles. The number of anilines is 1. The second-order valence-corrected chi connectivity index (χ2v) is 9.32. The number of nitrogens with one attached hydrogen (secondary N) is 1. The third kappa shape index (κ3) is 4.67. The first-order chi connectivity index (χ1) is 16.1. The Morgan fingerprint density at radius 2 is 1.94 bits per heavy atom. The summed E-state index contributed by atoms with van der Waals surface area (Å²) in [6.07, 6.45) is 2.19. The van der Waals surface area contributed by atoms with Crippen LogP contribution in [0, 0.1) is 6.92 Å². The first kappa shape index (κ1) is 21.4. The molecule has 0 aliphatic heterocycles. The lowest BCUT2D eigenvalue weighted by molar-refractivity contribution is -0.115. The van der Waals surface area contributed by atoms with Crippen LogP contribution in [0.2, 0.25) is 0 Å². The Labute approximate surface area is 199 Å². The highest BCUT2D eigenvalue weighted by Crippen LogP contribution is 2.29. The molecule has 0 radical (unpaired) electrons. The van der Waals surface area contributed by atoms with Gasteiger partial charge in [0, 0.05) is 21.8 Å². The molecule has 8 heteroatoms. The lowest BCUT2D eigenvalue weighted by Gasteiger charge is -2.07. The van der Waals surface area contributed by atoms with Gasteiger partial charge in [0.25, 0.3) is 0 Å². The fourth-order valence-electron chi connectivity index (χ4n) is 3.60. The van der Waals surface area contributed by atoms with Gasteiger partial charge in [-0.3, -0.25) is 4.79 Å². The van der Waals surface area contributed by atoms with Gasteiger partial charge in [-0.15, -0.1) is 23.1 Å². The van der Waals surface area contributed by atoms with Crippen LogP contribution in [0.25, 0.3) is 27.3 Å². The molecular formula is C25H21N5OS2. The van der Waals surface area contributed by atoms with Crippen LogP contribution in [-0.4, -0.2) is 31.9 Å². The minimum atomic E-state index is -0.113. The van der Waals surface area contributed by atoms with Crippen molar-refractivity contribution in [3.8, 4) is 17.1 Å². The number of amides is 1. The summed E-state index contributed by atoms with van der Waals surface area (Å²) in [7, 11) is 0. The summed E-state index contributed by atoms with van der Waals surface area (Å²) in [5.74, 6) is 0.604. The highest BCUT2D eigenvalue weighted by atomic mass is 32.2. The molecule has 0 aliphatic rings. The zero-order valence-corrected chi connectivity index (χ0v) is 19.8. The first-order valence-corrected chi connectivity index (χ1v) is 12.5. The Hall–Kier alpha value is -3.49. The number of pyridine rings is 1. The zero-order valence-electron chi connectivity index (χ0n) is 18.1. The van der Waals surface area contributed by atoms with Gasteiger partial charge in [0.2, 0.25) is 5.91 Å². The molecular weight excluding hydrogens is 450 g/mol. The molecule has 0 fully saturated rings. The highest BCUT2D eigenvalue weighted by Gasteiger charge is 2.16. The topological polar surface area (TPSA) is 72.7 Å². The number of thiazole rings is 1. The number of carbonyl (C=O) groups is 1. The standard InChI is InChI=1S/C25H21N5OS2/c1-16-4-3-5-24(27-16)30-22(17-6-11-21-23(12-17)33-15-26-21)13-19(29-30)14-25(31)28-18-7-9-20(32-2)10-8-18/h3-13,15H,14H2,1-2H3,(H,28,31). The molecule has 2 aromatic carbocycles. The normalized spacial score (nSPS) is 11.1. The van der Waals surface area contributed by atoms with Gasteiger partial charge in [0.05, 0.1) is 33.5 Å². The maximum Gasteiger partial charge on any atom is 0.230 e. The van der Waals surface area contributed by atoms with E-state index in [0.717, 1.165) is 37.8 Å². The van der Waals surface area contributed by atoms with E-state index in [-0.39, 0.29) is 12.3 Å². The van der Waals surface area contributed by atoms with Crippen molar-refractivity contribution in [2.75, 3.05) is 11.6 Å². The van der Waals surface area contributed by atoms with E-state index in [1.54, 1.807) is 23.1 Å². The lowest BCUT2D eigenvalue weighted by Crippen LogP contribution is -2.15. The van der Waals surface area contributed by atoms with E-state index >= 15 is 0 Å². The van der Waals surface area contributed by atoms with Gasteiger partial charge in [-0.2, -0.15) is 5.10 Å². The van der Waals surface area contributed by atoms with Crippen LogP contribution in [0.5, 0.6) is 0 Å². The van der Waals surface area contributed by atoms with Crippen LogP contribution in [0.4, 0.5) is 5.69 Å². The second kappa shape index (κ2) is 9.17. The fraction of sp³-hybridized carbons (Fsp3) is 0.120. The van der Waals surface area contributed by atoms with E-state index in [1.807, 2.05) is 84.0 Å². The molecule has 0 atom stereocenters. The van der Waals surface area contributed by atoms with Crippen LogP contribution in [0.3, 0.4) is 0 Å². The molecule has 0 aliphatic carbocycles. The molecule has 5 rings (SSSR count). The van der Waals surface area contributed by atoms with Crippen molar-refractivity contribution in [1.82, 2.24) is 19.7 Å². The van der Waals surface area contributed by atoms with Crippen LogP contribution in [0.15, 0.2) is 77.1 Å². The number of benzene rings is 2. The summed E-state index contributed by atoms with van der Waals surface area (Å²) in [5.41, 5.74) is 7.05. The second-order valence-electron chi connectivity index (χ2n) is 7.56. The summed E-state index contributed by atoms with van der Waals surface area (Å²) in [5, 5.41) is 7.71. The molecule has 0 unspecified atom stereocenters. The molecule has 0 saturated carbocycles. The number of thioether (sulfide) groups is 1.